The van der Waals surface area contributed by atoms with Crippen LogP contribution in [-0.2, 0) is 13.0 Å². The molecule has 2 aromatic carbocycles. The highest BCUT2D eigenvalue weighted by molar-refractivity contribution is 7.13. The minimum absolute atomic E-state index is 0.0528. The van der Waals surface area contributed by atoms with Gasteiger partial charge in [0.05, 0.1) is 6.10 Å². The molecule has 1 fully saturated rings. The van der Waals surface area contributed by atoms with E-state index in [0.717, 1.165) is 46.2 Å². The number of fused-ring (bicyclic) bond motifs is 2. The van der Waals surface area contributed by atoms with E-state index in [0.29, 0.717) is 37.9 Å². The Bertz CT molecular complexity index is 1190. The lowest BCUT2D eigenvalue weighted by atomic mass is 9.97. The number of hydrogen-bond donors (Lipinski definition) is 1. The van der Waals surface area contributed by atoms with Gasteiger partial charge in [-0.25, -0.2) is 4.98 Å². The second-order valence-corrected chi connectivity index (χ2v) is 9.46. The molecule has 3 aliphatic heterocycles. The number of likely N-dealkylation sites (tertiary alicyclic amines) is 1. The molecule has 6 rings (SSSR count). The lowest BCUT2D eigenvalue weighted by Crippen LogP contribution is -2.49. The molecule has 1 amide bonds. The first-order valence-electron chi connectivity index (χ1n) is 10.8. The fourth-order valence-electron chi connectivity index (χ4n) is 4.61. The molecule has 0 spiro atoms. The molecule has 0 bridgehead atoms. The van der Waals surface area contributed by atoms with Gasteiger partial charge in [-0.05, 0) is 41.3 Å². The summed E-state index contributed by atoms with van der Waals surface area (Å²) in [5, 5.41) is 9.97. The van der Waals surface area contributed by atoms with Crippen molar-refractivity contribution in [2.45, 2.75) is 19.1 Å². The summed E-state index contributed by atoms with van der Waals surface area (Å²) in [6.45, 7) is 3.87. The van der Waals surface area contributed by atoms with E-state index in [9.17, 15) is 9.90 Å². The molecule has 1 saturated heterocycles. The van der Waals surface area contributed by atoms with Gasteiger partial charge in [0.2, 0.25) is 0 Å². The van der Waals surface area contributed by atoms with Crippen molar-refractivity contribution in [3.63, 3.8) is 0 Å². The first-order valence-corrected chi connectivity index (χ1v) is 11.7. The number of aliphatic hydroxyl groups excluding tert-OH is 1. The van der Waals surface area contributed by atoms with E-state index >= 15 is 0 Å². The number of thiazole rings is 1. The number of anilines is 1. The molecule has 1 aromatic heterocycles. The van der Waals surface area contributed by atoms with Crippen LogP contribution in [0.2, 0.25) is 0 Å². The van der Waals surface area contributed by atoms with E-state index in [4.69, 9.17) is 9.47 Å². The van der Waals surface area contributed by atoms with Gasteiger partial charge in [0.1, 0.15) is 13.2 Å². The quantitative estimate of drug-likeness (QED) is 0.660. The standard InChI is InChI=1S/C24H23N3O4S/c28-16-12-26(13-16)14-17-11-25-23(32-17)24(29)27-7-6-19-18(2-1-3-20(19)27)15-4-5-21-22(10-15)31-9-8-30-21/h1-5,10-11,16,28H,6-9,12-14H2. The number of β-amino-alcohol motifs (C(OH)–C–C–N with tert-alkyl or cyclic N) is 1. The summed E-state index contributed by atoms with van der Waals surface area (Å²) < 4.78 is 11.4. The number of rotatable bonds is 4. The highest BCUT2D eigenvalue weighted by atomic mass is 32.1. The second-order valence-electron chi connectivity index (χ2n) is 8.35. The Hall–Kier alpha value is -2.94. The molecular weight excluding hydrogens is 426 g/mol. The molecule has 1 N–H and O–H groups in total. The summed E-state index contributed by atoms with van der Waals surface area (Å²) in [5.41, 5.74) is 4.30. The van der Waals surface area contributed by atoms with Crippen molar-refractivity contribution in [1.82, 2.24) is 9.88 Å². The summed E-state index contributed by atoms with van der Waals surface area (Å²) in [7, 11) is 0. The number of nitrogens with zero attached hydrogens (tertiary/aromatic N) is 3. The number of hydrogen-bond acceptors (Lipinski definition) is 7. The summed E-state index contributed by atoms with van der Waals surface area (Å²) in [5.74, 6) is 1.49. The fraction of sp³-hybridized carbons (Fsp3) is 0.333. The largest absolute Gasteiger partial charge is 0.486 e. The van der Waals surface area contributed by atoms with E-state index in [1.165, 1.54) is 16.9 Å². The summed E-state index contributed by atoms with van der Waals surface area (Å²) in [6.07, 6.45) is 2.36. The van der Waals surface area contributed by atoms with Crippen LogP contribution in [-0.4, -0.2) is 59.8 Å². The third-order valence-corrected chi connectivity index (χ3v) is 7.15. The molecule has 0 unspecified atom stereocenters. The van der Waals surface area contributed by atoms with Crippen LogP contribution in [0.15, 0.2) is 42.6 Å². The minimum Gasteiger partial charge on any atom is -0.486 e. The SMILES string of the molecule is O=C(c1ncc(CN2CC(O)C2)s1)N1CCc2c(-c3ccc4c(c3)OCCO4)cccc21. The van der Waals surface area contributed by atoms with Crippen molar-refractivity contribution in [2.24, 2.45) is 0 Å². The van der Waals surface area contributed by atoms with Crippen LogP contribution >= 0.6 is 11.3 Å². The molecule has 7 nitrogen and oxygen atoms in total. The molecule has 8 heteroatoms. The second kappa shape index (κ2) is 7.88. The number of carbonyl (C=O) groups is 1. The molecule has 0 aliphatic carbocycles. The van der Waals surface area contributed by atoms with E-state index < -0.39 is 0 Å². The van der Waals surface area contributed by atoms with Gasteiger partial charge in [0.25, 0.3) is 5.91 Å². The molecular formula is C24H23N3O4S. The lowest BCUT2D eigenvalue weighted by Gasteiger charge is -2.35. The maximum absolute atomic E-state index is 13.3. The van der Waals surface area contributed by atoms with Gasteiger partial charge in [0.15, 0.2) is 16.5 Å². The highest BCUT2D eigenvalue weighted by Crippen LogP contribution is 2.40. The summed E-state index contributed by atoms with van der Waals surface area (Å²) in [6, 6.07) is 12.1. The van der Waals surface area contributed by atoms with Gasteiger partial charge < -0.3 is 19.5 Å². The Kier molecular flexibility index (Phi) is 4.86. The maximum atomic E-state index is 13.3. The predicted molar refractivity (Wildman–Crippen MR) is 122 cm³/mol. The van der Waals surface area contributed by atoms with Crippen LogP contribution in [0.4, 0.5) is 5.69 Å². The third kappa shape index (κ3) is 3.44. The normalized spacial score (nSPS) is 17.8. The molecule has 0 radical (unpaired) electrons. The summed E-state index contributed by atoms with van der Waals surface area (Å²) >= 11 is 1.44. The predicted octanol–water partition coefficient (Wildman–Crippen LogP) is 2.96. The molecule has 3 aromatic rings. The van der Waals surface area contributed by atoms with Crippen LogP contribution in [0.1, 0.15) is 20.2 Å². The molecule has 0 atom stereocenters. The van der Waals surface area contributed by atoms with Gasteiger partial charge in [-0.2, -0.15) is 0 Å². The van der Waals surface area contributed by atoms with Crippen LogP contribution in [0.5, 0.6) is 11.5 Å². The minimum atomic E-state index is -0.228. The van der Waals surface area contributed by atoms with Crippen molar-refractivity contribution < 1.29 is 19.4 Å². The number of benzene rings is 2. The number of aromatic nitrogens is 1. The van der Waals surface area contributed by atoms with Crippen molar-refractivity contribution in [1.29, 1.82) is 0 Å². The van der Waals surface area contributed by atoms with Gasteiger partial charge in [-0.1, -0.05) is 18.2 Å². The third-order valence-electron chi connectivity index (χ3n) is 6.18. The lowest BCUT2D eigenvalue weighted by molar-refractivity contribution is -0.00232. The first kappa shape index (κ1) is 19.7. The number of amides is 1. The van der Waals surface area contributed by atoms with Crippen molar-refractivity contribution >= 4 is 22.9 Å². The Balaban J connectivity index is 1.25. The van der Waals surface area contributed by atoms with Crippen LogP contribution in [0.3, 0.4) is 0 Å². The number of aliphatic hydroxyl groups is 1. The zero-order chi connectivity index (χ0) is 21.7. The fourth-order valence-corrected chi connectivity index (χ4v) is 5.52. The van der Waals surface area contributed by atoms with Gasteiger partial charge in [0, 0.05) is 42.9 Å². The van der Waals surface area contributed by atoms with Crippen molar-refractivity contribution in [3.05, 3.63) is 58.0 Å². The topological polar surface area (TPSA) is 75.1 Å². The van der Waals surface area contributed by atoms with E-state index in [2.05, 4.69) is 16.0 Å². The first-order chi connectivity index (χ1) is 15.7. The summed E-state index contributed by atoms with van der Waals surface area (Å²) in [4.78, 5) is 22.7. The zero-order valence-electron chi connectivity index (χ0n) is 17.5. The number of ether oxygens (including phenoxy) is 2. The Labute approximate surface area is 189 Å². The maximum Gasteiger partial charge on any atom is 0.287 e. The average Bonchev–Trinajstić information content (AvgIpc) is 3.44. The van der Waals surface area contributed by atoms with Gasteiger partial charge in [-0.3, -0.25) is 9.69 Å². The van der Waals surface area contributed by atoms with E-state index in [-0.39, 0.29) is 12.0 Å². The molecule has 4 heterocycles. The Morgan fingerprint density at radius 3 is 2.84 bits per heavy atom. The van der Waals surface area contributed by atoms with Crippen molar-refractivity contribution in [2.75, 3.05) is 37.7 Å². The molecule has 32 heavy (non-hydrogen) atoms. The van der Waals surface area contributed by atoms with Crippen molar-refractivity contribution in [3.8, 4) is 22.6 Å². The van der Waals surface area contributed by atoms with E-state index in [1.54, 1.807) is 6.20 Å². The van der Waals surface area contributed by atoms with Crippen LogP contribution in [0.25, 0.3) is 11.1 Å². The average molecular weight is 450 g/mol. The monoisotopic (exact) mass is 449 g/mol. The van der Waals surface area contributed by atoms with Gasteiger partial charge in [-0.15, -0.1) is 11.3 Å². The Morgan fingerprint density at radius 1 is 1.16 bits per heavy atom. The van der Waals surface area contributed by atoms with Crippen LogP contribution in [0, 0.1) is 0 Å². The van der Waals surface area contributed by atoms with Gasteiger partial charge >= 0.3 is 0 Å². The molecule has 0 saturated carbocycles. The van der Waals surface area contributed by atoms with E-state index in [1.807, 2.05) is 35.2 Å². The molecule has 3 aliphatic rings. The van der Waals surface area contributed by atoms with Crippen LogP contribution < -0.4 is 14.4 Å². The molecule has 164 valence electrons. The zero-order valence-corrected chi connectivity index (χ0v) is 18.3. The Morgan fingerprint density at radius 2 is 2.00 bits per heavy atom. The highest BCUT2D eigenvalue weighted by Gasteiger charge is 2.30. The number of carbonyl (C=O) groups excluding carboxylic acids is 1. The smallest absolute Gasteiger partial charge is 0.287 e.